The molecule has 2 aliphatic rings. The highest BCUT2D eigenvalue weighted by molar-refractivity contribution is 5.81. The topological polar surface area (TPSA) is 44.4 Å². The molecule has 92 valence electrons. The predicted octanol–water partition coefficient (Wildman–Crippen LogP) is 0.337. The van der Waals surface area contributed by atoms with E-state index < -0.39 is 0 Å². The molecular formula is C12H23N3O. The zero-order valence-corrected chi connectivity index (χ0v) is 10.3. The van der Waals surface area contributed by atoms with E-state index >= 15 is 0 Å². The van der Waals surface area contributed by atoms with E-state index in [0.29, 0.717) is 12.1 Å². The zero-order valence-electron chi connectivity index (χ0n) is 10.3. The molecule has 1 amide bonds. The van der Waals surface area contributed by atoms with Gasteiger partial charge in [-0.15, -0.1) is 0 Å². The summed E-state index contributed by atoms with van der Waals surface area (Å²) in [5.41, 5.74) is 0. The predicted molar refractivity (Wildman–Crippen MR) is 64.3 cm³/mol. The largest absolute Gasteiger partial charge is 0.352 e. The second-order valence-electron chi connectivity index (χ2n) is 5.25. The van der Waals surface area contributed by atoms with Crippen LogP contribution in [0.3, 0.4) is 0 Å². The number of rotatable bonds is 4. The van der Waals surface area contributed by atoms with Crippen LogP contribution in [0.15, 0.2) is 0 Å². The Bertz CT molecular complexity index is 245. The van der Waals surface area contributed by atoms with E-state index in [2.05, 4.69) is 22.6 Å². The molecule has 2 N–H and O–H groups in total. The first-order valence-corrected chi connectivity index (χ1v) is 6.40. The number of carbonyl (C=O) groups is 1. The van der Waals surface area contributed by atoms with Crippen LogP contribution < -0.4 is 10.6 Å². The van der Waals surface area contributed by atoms with Crippen LogP contribution in [-0.4, -0.2) is 49.1 Å². The Hall–Kier alpha value is -0.610. The molecule has 16 heavy (non-hydrogen) atoms. The number of hydrogen-bond donors (Lipinski definition) is 2. The van der Waals surface area contributed by atoms with E-state index in [-0.39, 0.29) is 11.9 Å². The molecule has 4 heteroatoms. The molecule has 0 bridgehead atoms. The second-order valence-corrected chi connectivity index (χ2v) is 5.25. The maximum absolute atomic E-state index is 11.7. The van der Waals surface area contributed by atoms with Crippen LogP contribution >= 0.6 is 0 Å². The Balaban J connectivity index is 1.69. The highest BCUT2D eigenvalue weighted by atomic mass is 16.2. The van der Waals surface area contributed by atoms with Crippen LogP contribution in [0.25, 0.3) is 0 Å². The highest BCUT2D eigenvalue weighted by Crippen LogP contribution is 2.18. The summed E-state index contributed by atoms with van der Waals surface area (Å²) in [5.74, 6) is 0.168. The van der Waals surface area contributed by atoms with Gasteiger partial charge in [-0.1, -0.05) is 0 Å². The third-order valence-corrected chi connectivity index (χ3v) is 3.52. The molecule has 1 saturated carbocycles. The van der Waals surface area contributed by atoms with Crippen LogP contribution in [0.1, 0.15) is 32.6 Å². The summed E-state index contributed by atoms with van der Waals surface area (Å²) >= 11 is 0. The van der Waals surface area contributed by atoms with Crippen LogP contribution in [0.2, 0.25) is 0 Å². The molecule has 1 heterocycles. The lowest BCUT2D eigenvalue weighted by Gasteiger charge is -2.31. The summed E-state index contributed by atoms with van der Waals surface area (Å²) in [5, 5.41) is 6.47. The summed E-state index contributed by atoms with van der Waals surface area (Å²) in [4.78, 5) is 14.1. The molecule has 0 radical (unpaired) electrons. The van der Waals surface area contributed by atoms with Gasteiger partial charge in [-0.3, -0.25) is 4.79 Å². The van der Waals surface area contributed by atoms with Gasteiger partial charge < -0.3 is 15.5 Å². The van der Waals surface area contributed by atoms with Crippen LogP contribution in [0, 0.1) is 0 Å². The molecule has 0 spiro atoms. The Kier molecular flexibility index (Phi) is 3.82. The average molecular weight is 225 g/mol. The molecule has 0 aromatic carbocycles. The van der Waals surface area contributed by atoms with Crippen LogP contribution in [-0.2, 0) is 4.79 Å². The SMILES string of the molecule is CC(NC1CCN(C)CC1)C(=O)NC1CC1. The molecule has 2 rings (SSSR count). The zero-order chi connectivity index (χ0) is 11.5. The van der Waals surface area contributed by atoms with Crippen LogP contribution in [0.5, 0.6) is 0 Å². The fraction of sp³-hybridized carbons (Fsp3) is 0.917. The molecule has 2 fully saturated rings. The standard InChI is InChI=1S/C12H23N3O/c1-9(12(16)14-10-3-4-10)13-11-5-7-15(2)8-6-11/h9-11,13H,3-8H2,1-2H3,(H,14,16). The molecule has 1 aliphatic heterocycles. The van der Waals surface area contributed by atoms with Crippen molar-refractivity contribution in [1.29, 1.82) is 0 Å². The molecule has 1 saturated heterocycles. The van der Waals surface area contributed by atoms with Gasteiger partial charge in [0, 0.05) is 12.1 Å². The fourth-order valence-electron chi connectivity index (χ4n) is 2.16. The van der Waals surface area contributed by atoms with Gasteiger partial charge in [0.1, 0.15) is 0 Å². The summed E-state index contributed by atoms with van der Waals surface area (Å²) in [6.45, 7) is 4.24. The first-order chi connectivity index (χ1) is 7.65. The maximum Gasteiger partial charge on any atom is 0.237 e. The molecule has 0 aromatic heterocycles. The van der Waals surface area contributed by atoms with Crippen molar-refractivity contribution >= 4 is 5.91 Å². The van der Waals surface area contributed by atoms with Gasteiger partial charge in [0.25, 0.3) is 0 Å². The lowest BCUT2D eigenvalue weighted by molar-refractivity contribution is -0.123. The van der Waals surface area contributed by atoms with E-state index in [1.54, 1.807) is 0 Å². The van der Waals surface area contributed by atoms with Gasteiger partial charge in [0.15, 0.2) is 0 Å². The Morgan fingerprint density at radius 2 is 1.81 bits per heavy atom. The van der Waals surface area contributed by atoms with E-state index in [4.69, 9.17) is 0 Å². The molecule has 0 aromatic rings. The number of amides is 1. The van der Waals surface area contributed by atoms with E-state index in [0.717, 1.165) is 38.8 Å². The number of nitrogens with one attached hydrogen (secondary N) is 2. The maximum atomic E-state index is 11.7. The van der Waals surface area contributed by atoms with Gasteiger partial charge in [-0.2, -0.15) is 0 Å². The average Bonchev–Trinajstić information content (AvgIpc) is 3.05. The van der Waals surface area contributed by atoms with E-state index in [9.17, 15) is 4.79 Å². The lowest BCUT2D eigenvalue weighted by Crippen LogP contribution is -2.50. The van der Waals surface area contributed by atoms with Gasteiger partial charge in [-0.25, -0.2) is 0 Å². The normalized spacial score (nSPS) is 25.4. The molecule has 4 nitrogen and oxygen atoms in total. The number of likely N-dealkylation sites (tertiary alicyclic amines) is 1. The van der Waals surface area contributed by atoms with Gasteiger partial charge in [-0.05, 0) is 52.7 Å². The van der Waals surface area contributed by atoms with Crippen molar-refractivity contribution in [3.63, 3.8) is 0 Å². The molecular weight excluding hydrogens is 202 g/mol. The first-order valence-electron chi connectivity index (χ1n) is 6.40. The highest BCUT2D eigenvalue weighted by Gasteiger charge is 2.27. The van der Waals surface area contributed by atoms with Crippen LogP contribution in [0.4, 0.5) is 0 Å². The molecule has 1 unspecified atom stereocenters. The van der Waals surface area contributed by atoms with Crippen molar-refractivity contribution in [1.82, 2.24) is 15.5 Å². The van der Waals surface area contributed by atoms with Gasteiger partial charge in [0.05, 0.1) is 6.04 Å². The lowest BCUT2D eigenvalue weighted by atomic mass is 10.0. The Morgan fingerprint density at radius 1 is 1.19 bits per heavy atom. The van der Waals surface area contributed by atoms with Crippen molar-refractivity contribution in [2.24, 2.45) is 0 Å². The number of piperidine rings is 1. The summed E-state index contributed by atoms with van der Waals surface area (Å²) in [7, 11) is 2.15. The summed E-state index contributed by atoms with van der Waals surface area (Å²) in [6.07, 6.45) is 4.62. The van der Waals surface area contributed by atoms with Crippen molar-refractivity contribution in [3.8, 4) is 0 Å². The minimum Gasteiger partial charge on any atom is -0.352 e. The second kappa shape index (κ2) is 5.15. The van der Waals surface area contributed by atoms with E-state index in [1.807, 2.05) is 6.92 Å². The van der Waals surface area contributed by atoms with Crippen molar-refractivity contribution < 1.29 is 4.79 Å². The number of hydrogen-bond acceptors (Lipinski definition) is 3. The van der Waals surface area contributed by atoms with Gasteiger partial charge in [0.2, 0.25) is 5.91 Å². The van der Waals surface area contributed by atoms with Crippen molar-refractivity contribution in [2.45, 2.75) is 50.7 Å². The Labute approximate surface area is 97.8 Å². The monoisotopic (exact) mass is 225 g/mol. The number of nitrogens with zero attached hydrogens (tertiary/aromatic N) is 1. The quantitative estimate of drug-likeness (QED) is 0.725. The van der Waals surface area contributed by atoms with Crippen molar-refractivity contribution in [2.75, 3.05) is 20.1 Å². The fourth-order valence-corrected chi connectivity index (χ4v) is 2.16. The Morgan fingerprint density at radius 3 is 2.38 bits per heavy atom. The minimum absolute atomic E-state index is 0.0472. The third-order valence-electron chi connectivity index (χ3n) is 3.52. The van der Waals surface area contributed by atoms with E-state index in [1.165, 1.54) is 0 Å². The van der Waals surface area contributed by atoms with Crippen molar-refractivity contribution in [3.05, 3.63) is 0 Å². The summed E-state index contributed by atoms with van der Waals surface area (Å²) in [6, 6.07) is 0.930. The third kappa shape index (κ3) is 3.46. The summed E-state index contributed by atoms with van der Waals surface area (Å²) < 4.78 is 0. The van der Waals surface area contributed by atoms with Gasteiger partial charge >= 0.3 is 0 Å². The smallest absolute Gasteiger partial charge is 0.237 e. The number of carbonyl (C=O) groups excluding carboxylic acids is 1. The molecule has 1 aliphatic carbocycles. The first kappa shape index (κ1) is 11.9. The molecule has 1 atom stereocenters. The minimum atomic E-state index is -0.0472.